The number of ether oxygens (including phenoxy) is 1. The summed E-state index contributed by atoms with van der Waals surface area (Å²) in [5, 5.41) is 8.80. The summed E-state index contributed by atoms with van der Waals surface area (Å²) >= 11 is 0. The molecule has 0 aliphatic heterocycles. The molecule has 0 saturated carbocycles. The maximum atomic E-state index is 11.6. The molecule has 8 nitrogen and oxygen atoms in total. The number of hydrogen-bond acceptors (Lipinski definition) is 6. The van der Waals surface area contributed by atoms with Gasteiger partial charge >= 0.3 is 0 Å². The lowest BCUT2D eigenvalue weighted by molar-refractivity contribution is -0.125. The van der Waals surface area contributed by atoms with Crippen LogP contribution in [-0.2, 0) is 16.0 Å². The first-order valence-corrected chi connectivity index (χ1v) is 7.06. The molecule has 0 radical (unpaired) electrons. The molecule has 0 aliphatic carbocycles. The van der Waals surface area contributed by atoms with E-state index in [-0.39, 0.29) is 24.8 Å². The topological polar surface area (TPSA) is 106 Å². The van der Waals surface area contributed by atoms with E-state index in [2.05, 4.69) is 20.8 Å². The van der Waals surface area contributed by atoms with Crippen molar-refractivity contribution >= 4 is 11.8 Å². The zero-order chi connectivity index (χ0) is 16.7. The Kier molecular flexibility index (Phi) is 5.67. The van der Waals surface area contributed by atoms with Crippen molar-refractivity contribution in [1.29, 1.82) is 0 Å². The van der Waals surface area contributed by atoms with Crippen LogP contribution in [0.15, 0.2) is 28.8 Å². The summed E-state index contributed by atoms with van der Waals surface area (Å²) in [7, 11) is 3.10. The zero-order valence-corrected chi connectivity index (χ0v) is 13.0. The van der Waals surface area contributed by atoms with Gasteiger partial charge in [0, 0.05) is 25.5 Å². The molecule has 0 aliphatic rings. The van der Waals surface area contributed by atoms with Crippen LogP contribution >= 0.6 is 0 Å². The van der Waals surface area contributed by atoms with Crippen molar-refractivity contribution in [2.75, 3.05) is 20.7 Å². The van der Waals surface area contributed by atoms with Crippen LogP contribution in [0.1, 0.15) is 12.3 Å². The molecule has 0 fully saturated rings. The van der Waals surface area contributed by atoms with Gasteiger partial charge in [-0.2, -0.15) is 4.98 Å². The number of rotatable bonds is 7. The number of aryl methyl sites for hydroxylation is 1. The number of benzene rings is 1. The molecule has 23 heavy (non-hydrogen) atoms. The highest BCUT2D eigenvalue weighted by Gasteiger charge is 2.11. The Morgan fingerprint density at radius 2 is 1.96 bits per heavy atom. The van der Waals surface area contributed by atoms with E-state index in [0.29, 0.717) is 18.1 Å². The Morgan fingerprint density at radius 1 is 1.22 bits per heavy atom. The SMILES string of the molecule is CNC(=O)CNC(=O)CCc1nc(-c2ccc(OC)cc2)no1. The van der Waals surface area contributed by atoms with Crippen molar-refractivity contribution in [3.05, 3.63) is 30.2 Å². The molecule has 1 aromatic heterocycles. The number of nitrogens with one attached hydrogen (secondary N) is 2. The molecule has 2 N–H and O–H groups in total. The van der Waals surface area contributed by atoms with Gasteiger partial charge in [0.05, 0.1) is 13.7 Å². The first-order valence-electron chi connectivity index (χ1n) is 7.06. The van der Waals surface area contributed by atoms with Crippen LogP contribution in [0.25, 0.3) is 11.4 Å². The van der Waals surface area contributed by atoms with E-state index in [1.165, 1.54) is 7.05 Å². The van der Waals surface area contributed by atoms with Crippen LogP contribution in [0.2, 0.25) is 0 Å². The molecule has 0 unspecified atom stereocenters. The van der Waals surface area contributed by atoms with Gasteiger partial charge in [-0.05, 0) is 24.3 Å². The minimum Gasteiger partial charge on any atom is -0.497 e. The first-order chi connectivity index (χ1) is 11.1. The summed E-state index contributed by atoms with van der Waals surface area (Å²) in [5.74, 6) is 1.06. The molecule has 1 heterocycles. The van der Waals surface area contributed by atoms with Gasteiger partial charge in [0.15, 0.2) is 0 Å². The number of carbonyl (C=O) groups is 2. The van der Waals surface area contributed by atoms with Crippen LogP contribution in [-0.4, -0.2) is 42.7 Å². The average Bonchev–Trinajstić information content (AvgIpc) is 3.06. The van der Waals surface area contributed by atoms with Gasteiger partial charge in [0.2, 0.25) is 23.5 Å². The van der Waals surface area contributed by atoms with Gasteiger partial charge in [-0.15, -0.1) is 0 Å². The third kappa shape index (κ3) is 4.80. The van der Waals surface area contributed by atoms with Gasteiger partial charge in [-0.25, -0.2) is 0 Å². The lowest BCUT2D eigenvalue weighted by Crippen LogP contribution is -2.35. The van der Waals surface area contributed by atoms with Crippen molar-refractivity contribution < 1.29 is 18.8 Å². The van der Waals surface area contributed by atoms with Crippen LogP contribution < -0.4 is 15.4 Å². The molecule has 8 heteroatoms. The van der Waals surface area contributed by atoms with E-state index < -0.39 is 0 Å². The molecule has 2 rings (SSSR count). The second-order valence-electron chi connectivity index (χ2n) is 4.69. The number of likely N-dealkylation sites (N-methyl/N-ethyl adjacent to an activating group) is 1. The largest absolute Gasteiger partial charge is 0.497 e. The molecule has 2 amide bonds. The summed E-state index contributed by atoms with van der Waals surface area (Å²) in [5.41, 5.74) is 0.796. The van der Waals surface area contributed by atoms with E-state index in [1.807, 2.05) is 12.1 Å². The van der Waals surface area contributed by atoms with E-state index in [4.69, 9.17) is 9.26 Å². The molecule has 1 aromatic carbocycles. The third-order valence-electron chi connectivity index (χ3n) is 3.11. The number of nitrogens with zero attached hydrogens (tertiary/aromatic N) is 2. The first kappa shape index (κ1) is 16.5. The number of hydrogen-bond donors (Lipinski definition) is 2. The van der Waals surface area contributed by atoms with E-state index in [0.717, 1.165) is 11.3 Å². The summed E-state index contributed by atoms with van der Waals surface area (Å²) < 4.78 is 10.2. The van der Waals surface area contributed by atoms with Gasteiger partial charge < -0.3 is 19.9 Å². The minimum absolute atomic E-state index is 0.0454. The van der Waals surface area contributed by atoms with Crippen LogP contribution in [0, 0.1) is 0 Å². The molecule has 0 spiro atoms. The molecule has 2 aromatic rings. The second kappa shape index (κ2) is 7.92. The maximum absolute atomic E-state index is 11.6. The third-order valence-corrected chi connectivity index (χ3v) is 3.11. The van der Waals surface area contributed by atoms with E-state index in [9.17, 15) is 9.59 Å². The molecule has 0 bridgehead atoms. The van der Waals surface area contributed by atoms with Crippen LogP contribution in [0.3, 0.4) is 0 Å². The maximum Gasteiger partial charge on any atom is 0.239 e. The van der Waals surface area contributed by atoms with E-state index in [1.54, 1.807) is 19.2 Å². The lowest BCUT2D eigenvalue weighted by Gasteiger charge is -2.02. The van der Waals surface area contributed by atoms with Crippen LogP contribution in [0.4, 0.5) is 0 Å². The molecule has 122 valence electrons. The molecular weight excluding hydrogens is 300 g/mol. The summed E-state index contributed by atoms with van der Waals surface area (Å²) in [6, 6.07) is 7.25. The Bertz CT molecular complexity index is 666. The summed E-state index contributed by atoms with van der Waals surface area (Å²) in [6.07, 6.45) is 0.476. The fraction of sp³-hybridized carbons (Fsp3) is 0.333. The Balaban J connectivity index is 1.86. The number of methoxy groups -OCH3 is 1. The predicted octanol–water partition coefficient (Wildman–Crippen LogP) is 0.540. The highest BCUT2D eigenvalue weighted by Crippen LogP contribution is 2.19. The molecule has 0 atom stereocenters. The quantitative estimate of drug-likeness (QED) is 0.772. The number of carbonyl (C=O) groups excluding carboxylic acids is 2. The Hall–Kier alpha value is -2.90. The predicted molar refractivity (Wildman–Crippen MR) is 81.7 cm³/mol. The summed E-state index contributed by atoms with van der Waals surface area (Å²) in [4.78, 5) is 26.9. The van der Waals surface area contributed by atoms with Crippen molar-refractivity contribution in [3.8, 4) is 17.1 Å². The molecular formula is C15H18N4O4. The number of aromatic nitrogens is 2. The highest BCUT2D eigenvalue weighted by atomic mass is 16.5. The summed E-state index contributed by atoms with van der Waals surface area (Å²) in [6.45, 7) is -0.0454. The Morgan fingerprint density at radius 3 is 2.61 bits per heavy atom. The zero-order valence-electron chi connectivity index (χ0n) is 13.0. The van der Waals surface area contributed by atoms with E-state index >= 15 is 0 Å². The lowest BCUT2D eigenvalue weighted by atomic mass is 10.2. The monoisotopic (exact) mass is 318 g/mol. The second-order valence-corrected chi connectivity index (χ2v) is 4.69. The average molecular weight is 318 g/mol. The van der Waals surface area contributed by atoms with Crippen molar-refractivity contribution in [2.45, 2.75) is 12.8 Å². The van der Waals surface area contributed by atoms with Crippen molar-refractivity contribution in [1.82, 2.24) is 20.8 Å². The van der Waals surface area contributed by atoms with Crippen molar-refractivity contribution in [2.24, 2.45) is 0 Å². The fourth-order valence-electron chi connectivity index (χ4n) is 1.79. The smallest absolute Gasteiger partial charge is 0.239 e. The normalized spacial score (nSPS) is 10.2. The fourth-order valence-corrected chi connectivity index (χ4v) is 1.79. The van der Waals surface area contributed by atoms with Gasteiger partial charge in [-0.1, -0.05) is 5.16 Å². The Labute approximate surface area is 133 Å². The highest BCUT2D eigenvalue weighted by molar-refractivity contribution is 5.84. The van der Waals surface area contributed by atoms with Crippen LogP contribution in [0.5, 0.6) is 5.75 Å². The molecule has 0 saturated heterocycles. The van der Waals surface area contributed by atoms with Gasteiger partial charge in [0.25, 0.3) is 0 Å². The van der Waals surface area contributed by atoms with Crippen molar-refractivity contribution in [3.63, 3.8) is 0 Å². The minimum atomic E-state index is -0.252. The van der Waals surface area contributed by atoms with Gasteiger partial charge in [0.1, 0.15) is 5.75 Å². The van der Waals surface area contributed by atoms with Gasteiger partial charge in [-0.3, -0.25) is 9.59 Å². The standard InChI is InChI=1S/C15H18N4O4/c1-16-13(21)9-17-12(20)7-8-14-18-15(19-23-14)10-3-5-11(22-2)6-4-10/h3-6H,7-9H2,1-2H3,(H,16,21)(H,17,20). The number of amides is 2.